The van der Waals surface area contributed by atoms with Gasteiger partial charge in [0.25, 0.3) is 5.91 Å². The quantitative estimate of drug-likeness (QED) is 0.392. The Bertz CT molecular complexity index is 1280. The number of nitrogens with zero attached hydrogens (tertiary/aromatic N) is 3. The highest BCUT2D eigenvalue weighted by molar-refractivity contribution is 5.99. The monoisotopic (exact) mass is 530 g/mol. The molecule has 0 radical (unpaired) electrons. The number of methoxy groups -OCH3 is 1. The van der Waals surface area contributed by atoms with Gasteiger partial charge >= 0.3 is 6.18 Å². The zero-order valence-electron chi connectivity index (χ0n) is 22.4. The number of nitrogens with one attached hydrogen (secondary N) is 1. The molecule has 3 rings (SSSR count). The number of benzene rings is 2. The minimum atomic E-state index is -4.58. The second-order valence-corrected chi connectivity index (χ2v) is 10.5. The topological polar surface area (TPSA) is 76.5 Å². The molecule has 204 valence electrons. The van der Waals surface area contributed by atoms with Crippen LogP contribution in [0.4, 0.5) is 19.0 Å². The number of hydrogen-bond acceptors (Lipinski definition) is 4. The Morgan fingerprint density at radius 3 is 2.26 bits per heavy atom. The molecule has 0 unspecified atom stereocenters. The molecule has 0 saturated heterocycles. The maximum Gasteiger partial charge on any atom is 0.416 e. The van der Waals surface area contributed by atoms with Crippen molar-refractivity contribution in [3.05, 3.63) is 71.4 Å². The van der Waals surface area contributed by atoms with E-state index in [1.807, 2.05) is 34.6 Å². The first-order valence-corrected chi connectivity index (χ1v) is 12.2. The third-order valence-corrected chi connectivity index (χ3v) is 5.71. The Hall–Kier alpha value is -3.82. The van der Waals surface area contributed by atoms with E-state index in [2.05, 4.69) is 10.4 Å². The van der Waals surface area contributed by atoms with Crippen molar-refractivity contribution in [1.29, 1.82) is 0 Å². The molecule has 0 fully saturated rings. The lowest BCUT2D eigenvalue weighted by molar-refractivity contribution is -0.137. The first kappa shape index (κ1) is 28.7. The molecule has 0 bridgehead atoms. The minimum Gasteiger partial charge on any atom is -0.497 e. The van der Waals surface area contributed by atoms with Gasteiger partial charge in [-0.05, 0) is 48.4 Å². The number of anilines is 1. The smallest absolute Gasteiger partial charge is 0.416 e. The lowest BCUT2D eigenvalue weighted by atomic mass is 9.92. The second-order valence-electron chi connectivity index (χ2n) is 10.5. The van der Waals surface area contributed by atoms with Crippen LogP contribution in [0.25, 0.3) is 5.69 Å². The van der Waals surface area contributed by atoms with Crippen molar-refractivity contribution in [1.82, 2.24) is 14.7 Å². The normalized spacial score (nSPS) is 11.9. The number of carbonyl (C=O) groups is 2. The van der Waals surface area contributed by atoms with E-state index in [4.69, 9.17) is 4.74 Å². The van der Waals surface area contributed by atoms with Gasteiger partial charge in [0.2, 0.25) is 5.91 Å². The second kappa shape index (κ2) is 11.3. The zero-order chi connectivity index (χ0) is 28.3. The summed E-state index contributed by atoms with van der Waals surface area (Å²) in [6.07, 6.45) is -4.58. The maximum atomic E-state index is 13.2. The van der Waals surface area contributed by atoms with Crippen LogP contribution in [0.15, 0.2) is 54.6 Å². The Kier molecular flexibility index (Phi) is 8.54. The van der Waals surface area contributed by atoms with Gasteiger partial charge in [0.15, 0.2) is 0 Å². The predicted molar refractivity (Wildman–Crippen MR) is 140 cm³/mol. The highest BCUT2D eigenvalue weighted by atomic mass is 19.4. The standard InChI is InChI=1S/C28H33F3N4O3/c1-18(2)16-34(26(37)19-8-7-9-20(14-19)28(29,30)31)17-25(36)32-24-15-23(27(3,4)5)33-35(24)21-10-12-22(38-6)13-11-21/h7-15,18H,16-17H2,1-6H3,(H,32,36). The van der Waals surface area contributed by atoms with Gasteiger partial charge in [-0.2, -0.15) is 18.3 Å². The van der Waals surface area contributed by atoms with Gasteiger partial charge in [-0.3, -0.25) is 9.59 Å². The molecular weight excluding hydrogens is 497 g/mol. The Balaban J connectivity index is 1.88. The Morgan fingerprint density at radius 2 is 1.71 bits per heavy atom. The summed E-state index contributed by atoms with van der Waals surface area (Å²) in [7, 11) is 1.57. The Labute approximate surface area is 220 Å². The highest BCUT2D eigenvalue weighted by Crippen LogP contribution is 2.30. The van der Waals surface area contributed by atoms with E-state index >= 15 is 0 Å². The van der Waals surface area contributed by atoms with Crippen LogP contribution in [-0.2, 0) is 16.4 Å². The van der Waals surface area contributed by atoms with Crippen molar-refractivity contribution >= 4 is 17.6 Å². The molecule has 0 aliphatic carbocycles. The SMILES string of the molecule is COc1ccc(-n2nc(C(C)(C)C)cc2NC(=O)CN(CC(C)C)C(=O)c2cccc(C(F)(F)F)c2)cc1. The summed E-state index contributed by atoms with van der Waals surface area (Å²) in [5.74, 6) is -0.101. The van der Waals surface area contributed by atoms with Gasteiger partial charge in [0.05, 0.1) is 24.1 Å². The lowest BCUT2D eigenvalue weighted by Crippen LogP contribution is -2.40. The van der Waals surface area contributed by atoms with E-state index in [0.29, 0.717) is 17.3 Å². The van der Waals surface area contributed by atoms with E-state index in [0.717, 1.165) is 17.8 Å². The van der Waals surface area contributed by atoms with Crippen LogP contribution in [-0.4, -0.2) is 46.7 Å². The van der Waals surface area contributed by atoms with Gasteiger partial charge in [0, 0.05) is 23.6 Å². The van der Waals surface area contributed by atoms with Crippen molar-refractivity contribution in [2.45, 2.75) is 46.2 Å². The van der Waals surface area contributed by atoms with Gasteiger partial charge in [0.1, 0.15) is 18.1 Å². The van der Waals surface area contributed by atoms with Crippen LogP contribution in [0, 0.1) is 5.92 Å². The molecule has 10 heteroatoms. The third kappa shape index (κ3) is 7.14. The third-order valence-electron chi connectivity index (χ3n) is 5.71. The Morgan fingerprint density at radius 1 is 1.05 bits per heavy atom. The summed E-state index contributed by atoms with van der Waals surface area (Å²) in [6.45, 7) is 9.56. The number of aromatic nitrogens is 2. The predicted octanol–water partition coefficient (Wildman–Crippen LogP) is 5.93. The summed E-state index contributed by atoms with van der Waals surface area (Å²) in [5, 5.41) is 7.51. The fourth-order valence-electron chi connectivity index (χ4n) is 3.78. The van der Waals surface area contributed by atoms with Crippen molar-refractivity contribution in [2.24, 2.45) is 5.92 Å². The molecule has 0 aliphatic rings. The lowest BCUT2D eigenvalue weighted by Gasteiger charge is -2.24. The largest absolute Gasteiger partial charge is 0.497 e. The summed E-state index contributed by atoms with van der Waals surface area (Å²) in [6, 6.07) is 13.1. The van der Waals surface area contributed by atoms with Crippen LogP contribution in [0.5, 0.6) is 5.75 Å². The fourth-order valence-corrected chi connectivity index (χ4v) is 3.78. The number of halogens is 3. The minimum absolute atomic E-state index is 0.0186. The molecule has 7 nitrogen and oxygen atoms in total. The number of ether oxygens (including phenoxy) is 1. The molecule has 2 amide bonds. The van der Waals surface area contributed by atoms with Gasteiger partial charge in [-0.1, -0.05) is 40.7 Å². The number of hydrogen-bond donors (Lipinski definition) is 1. The van der Waals surface area contributed by atoms with E-state index < -0.39 is 23.6 Å². The number of amides is 2. The van der Waals surface area contributed by atoms with Crippen molar-refractivity contribution in [3.63, 3.8) is 0 Å². The molecule has 1 N–H and O–H groups in total. The summed E-state index contributed by atoms with van der Waals surface area (Å²) < 4.78 is 46.4. The fraction of sp³-hybridized carbons (Fsp3) is 0.393. The number of carbonyl (C=O) groups excluding carboxylic acids is 2. The van der Waals surface area contributed by atoms with Crippen molar-refractivity contribution < 1.29 is 27.5 Å². The highest BCUT2D eigenvalue weighted by Gasteiger charge is 2.32. The number of rotatable bonds is 8. The van der Waals surface area contributed by atoms with Gasteiger partial charge in [-0.15, -0.1) is 0 Å². The van der Waals surface area contributed by atoms with E-state index in [-0.39, 0.29) is 30.0 Å². The maximum absolute atomic E-state index is 13.2. The first-order valence-electron chi connectivity index (χ1n) is 12.2. The van der Waals surface area contributed by atoms with E-state index in [1.165, 1.54) is 17.0 Å². The van der Waals surface area contributed by atoms with E-state index in [1.54, 1.807) is 42.1 Å². The van der Waals surface area contributed by atoms with Crippen molar-refractivity contribution in [2.75, 3.05) is 25.5 Å². The van der Waals surface area contributed by atoms with Crippen molar-refractivity contribution in [3.8, 4) is 11.4 Å². The summed E-state index contributed by atoms with van der Waals surface area (Å²) in [5.41, 5.74) is 0.0701. The first-order chi connectivity index (χ1) is 17.7. The van der Waals surface area contributed by atoms with Gasteiger partial charge < -0.3 is 15.0 Å². The van der Waals surface area contributed by atoms with Crippen LogP contribution in [0.3, 0.4) is 0 Å². The molecule has 0 spiro atoms. The molecule has 1 aromatic heterocycles. The van der Waals surface area contributed by atoms with E-state index in [9.17, 15) is 22.8 Å². The molecule has 3 aromatic rings. The zero-order valence-corrected chi connectivity index (χ0v) is 22.4. The van der Waals surface area contributed by atoms with Crippen LogP contribution >= 0.6 is 0 Å². The summed E-state index contributed by atoms with van der Waals surface area (Å²) >= 11 is 0. The average Bonchev–Trinajstić information content (AvgIpc) is 3.26. The van der Waals surface area contributed by atoms with Crippen LogP contribution in [0.1, 0.15) is 56.2 Å². The molecule has 2 aromatic carbocycles. The molecule has 38 heavy (non-hydrogen) atoms. The molecular formula is C28H33F3N4O3. The summed E-state index contributed by atoms with van der Waals surface area (Å²) in [4.78, 5) is 27.6. The molecule has 1 heterocycles. The van der Waals surface area contributed by atoms with Gasteiger partial charge in [-0.25, -0.2) is 4.68 Å². The molecule has 0 saturated carbocycles. The van der Waals surface area contributed by atoms with Crippen LogP contribution in [0.2, 0.25) is 0 Å². The number of alkyl halides is 3. The van der Waals surface area contributed by atoms with Crippen LogP contribution < -0.4 is 10.1 Å². The molecule has 0 atom stereocenters. The molecule has 0 aliphatic heterocycles. The average molecular weight is 531 g/mol.